The molecule has 128 valence electrons. The van der Waals surface area contributed by atoms with Crippen molar-refractivity contribution in [1.82, 2.24) is 9.80 Å². The van der Waals surface area contributed by atoms with Crippen LogP contribution in [0, 0.1) is 0 Å². The highest BCUT2D eigenvalue weighted by molar-refractivity contribution is 7.99. The predicted molar refractivity (Wildman–Crippen MR) is 103 cm³/mol. The number of thioether (sulfide) groups is 1. The van der Waals surface area contributed by atoms with E-state index in [-0.39, 0.29) is 5.91 Å². The van der Waals surface area contributed by atoms with E-state index in [1.165, 1.54) is 22.7 Å². The highest BCUT2D eigenvalue weighted by Crippen LogP contribution is 2.20. The molecule has 0 radical (unpaired) electrons. The summed E-state index contributed by atoms with van der Waals surface area (Å²) in [5.74, 6) is 1.33. The molecule has 1 aliphatic heterocycles. The smallest absolute Gasteiger partial charge is 0.264 e. The molecular formula is C19H24N2OS2. The summed E-state index contributed by atoms with van der Waals surface area (Å²) in [7, 11) is 0. The molecule has 1 unspecified atom stereocenters. The van der Waals surface area contributed by atoms with Crippen molar-refractivity contribution in [3.63, 3.8) is 0 Å². The molecule has 0 aliphatic carbocycles. The topological polar surface area (TPSA) is 23.6 Å². The van der Waals surface area contributed by atoms with Crippen LogP contribution in [0.15, 0.2) is 52.7 Å². The standard InChI is InChI=1S/C19H24N2OS2/c1-16(9-15-23-17-6-3-2-4-7-17)20-10-12-21(13-11-20)19(22)18-8-5-14-24-18/h2-8,14,16H,9-13,15H2,1H3. The molecule has 0 spiro atoms. The van der Waals surface area contributed by atoms with Crippen LogP contribution in [-0.4, -0.2) is 53.7 Å². The minimum atomic E-state index is 0.192. The first-order valence-electron chi connectivity index (χ1n) is 8.49. The van der Waals surface area contributed by atoms with Gasteiger partial charge in [-0.25, -0.2) is 0 Å². The van der Waals surface area contributed by atoms with Gasteiger partial charge in [0.25, 0.3) is 5.91 Å². The van der Waals surface area contributed by atoms with E-state index in [0.717, 1.165) is 36.8 Å². The molecule has 1 amide bonds. The highest BCUT2D eigenvalue weighted by atomic mass is 32.2. The molecule has 24 heavy (non-hydrogen) atoms. The van der Waals surface area contributed by atoms with E-state index >= 15 is 0 Å². The van der Waals surface area contributed by atoms with E-state index in [2.05, 4.69) is 42.2 Å². The van der Waals surface area contributed by atoms with Gasteiger partial charge in [0, 0.05) is 37.1 Å². The summed E-state index contributed by atoms with van der Waals surface area (Å²) in [6.45, 7) is 5.95. The predicted octanol–water partition coefficient (Wildman–Crippen LogP) is 4.08. The number of thiophene rings is 1. The second kappa shape index (κ2) is 8.70. The largest absolute Gasteiger partial charge is 0.335 e. The van der Waals surface area contributed by atoms with Crippen molar-refractivity contribution in [3.05, 3.63) is 52.7 Å². The molecule has 0 saturated carbocycles. The Morgan fingerprint density at radius 2 is 1.88 bits per heavy atom. The Morgan fingerprint density at radius 3 is 2.54 bits per heavy atom. The van der Waals surface area contributed by atoms with E-state index in [0.29, 0.717) is 6.04 Å². The van der Waals surface area contributed by atoms with Crippen LogP contribution in [-0.2, 0) is 0 Å². The number of carbonyl (C=O) groups excluding carboxylic acids is 1. The van der Waals surface area contributed by atoms with E-state index in [1.807, 2.05) is 34.2 Å². The molecule has 2 aromatic rings. The molecule has 1 fully saturated rings. The van der Waals surface area contributed by atoms with Gasteiger partial charge in [0.05, 0.1) is 4.88 Å². The molecule has 1 aromatic carbocycles. The van der Waals surface area contributed by atoms with Crippen molar-refractivity contribution in [3.8, 4) is 0 Å². The average molecular weight is 361 g/mol. The molecule has 5 heteroatoms. The second-order valence-electron chi connectivity index (χ2n) is 6.10. The maximum absolute atomic E-state index is 12.4. The van der Waals surface area contributed by atoms with Crippen molar-refractivity contribution < 1.29 is 4.79 Å². The summed E-state index contributed by atoms with van der Waals surface area (Å²) in [5, 5.41) is 1.97. The summed E-state index contributed by atoms with van der Waals surface area (Å²) in [5.41, 5.74) is 0. The summed E-state index contributed by atoms with van der Waals surface area (Å²) in [6.07, 6.45) is 1.18. The van der Waals surface area contributed by atoms with Gasteiger partial charge >= 0.3 is 0 Å². The second-order valence-corrected chi connectivity index (χ2v) is 8.22. The summed E-state index contributed by atoms with van der Waals surface area (Å²) in [6, 6.07) is 15.0. The van der Waals surface area contributed by atoms with Gasteiger partial charge in [0.1, 0.15) is 0 Å². The van der Waals surface area contributed by atoms with Crippen molar-refractivity contribution in [2.75, 3.05) is 31.9 Å². The van der Waals surface area contributed by atoms with Gasteiger partial charge in [-0.15, -0.1) is 23.1 Å². The van der Waals surface area contributed by atoms with Crippen LogP contribution in [0.2, 0.25) is 0 Å². The molecule has 1 aliphatic rings. The molecule has 1 atom stereocenters. The number of benzene rings is 1. The van der Waals surface area contributed by atoms with Gasteiger partial charge in [-0.1, -0.05) is 24.3 Å². The molecule has 3 rings (SSSR count). The number of piperazine rings is 1. The first-order chi connectivity index (χ1) is 11.7. The third-order valence-electron chi connectivity index (χ3n) is 4.50. The van der Waals surface area contributed by atoms with Gasteiger partial charge in [-0.2, -0.15) is 0 Å². The Morgan fingerprint density at radius 1 is 1.12 bits per heavy atom. The Bertz CT molecular complexity index is 622. The highest BCUT2D eigenvalue weighted by Gasteiger charge is 2.24. The number of rotatable bonds is 6. The summed E-state index contributed by atoms with van der Waals surface area (Å²) >= 11 is 3.46. The Kier molecular flexibility index (Phi) is 6.35. The maximum atomic E-state index is 12.4. The SMILES string of the molecule is CC(CCSc1ccccc1)N1CCN(C(=O)c2cccs2)CC1. The first kappa shape index (κ1) is 17.5. The fourth-order valence-corrected chi connectivity index (χ4v) is 4.70. The van der Waals surface area contributed by atoms with Gasteiger partial charge in [-0.05, 0) is 42.7 Å². The molecule has 1 saturated heterocycles. The van der Waals surface area contributed by atoms with Crippen molar-refractivity contribution in [1.29, 1.82) is 0 Å². The lowest BCUT2D eigenvalue weighted by molar-refractivity contribution is 0.0585. The average Bonchev–Trinajstić information content (AvgIpc) is 3.17. The summed E-state index contributed by atoms with van der Waals surface area (Å²) < 4.78 is 0. The molecule has 1 aromatic heterocycles. The molecule has 2 heterocycles. The summed E-state index contributed by atoms with van der Waals surface area (Å²) in [4.78, 5) is 19.1. The fraction of sp³-hybridized carbons (Fsp3) is 0.421. The number of nitrogens with zero attached hydrogens (tertiary/aromatic N) is 2. The van der Waals surface area contributed by atoms with Crippen LogP contribution in [0.3, 0.4) is 0 Å². The normalized spacial score (nSPS) is 17.0. The zero-order valence-corrected chi connectivity index (χ0v) is 15.7. The van der Waals surface area contributed by atoms with Crippen LogP contribution in [0.4, 0.5) is 0 Å². The lowest BCUT2D eigenvalue weighted by Gasteiger charge is -2.38. The zero-order valence-electron chi connectivity index (χ0n) is 14.1. The number of hydrogen-bond donors (Lipinski definition) is 0. The monoisotopic (exact) mass is 360 g/mol. The number of carbonyl (C=O) groups is 1. The minimum absolute atomic E-state index is 0.192. The van der Waals surface area contributed by atoms with Gasteiger partial charge in [-0.3, -0.25) is 9.69 Å². The third kappa shape index (κ3) is 4.62. The third-order valence-corrected chi connectivity index (χ3v) is 6.41. The molecule has 3 nitrogen and oxygen atoms in total. The van der Waals surface area contributed by atoms with Crippen molar-refractivity contribution in [2.45, 2.75) is 24.3 Å². The van der Waals surface area contributed by atoms with Crippen LogP contribution in [0.25, 0.3) is 0 Å². The van der Waals surface area contributed by atoms with Crippen LogP contribution in [0.5, 0.6) is 0 Å². The van der Waals surface area contributed by atoms with E-state index in [9.17, 15) is 4.79 Å². The first-order valence-corrected chi connectivity index (χ1v) is 10.4. The van der Waals surface area contributed by atoms with E-state index < -0.39 is 0 Å². The van der Waals surface area contributed by atoms with Crippen LogP contribution < -0.4 is 0 Å². The van der Waals surface area contributed by atoms with Gasteiger partial charge < -0.3 is 4.90 Å². The van der Waals surface area contributed by atoms with Crippen LogP contribution in [0.1, 0.15) is 23.0 Å². The van der Waals surface area contributed by atoms with Crippen LogP contribution >= 0.6 is 23.1 Å². The maximum Gasteiger partial charge on any atom is 0.264 e. The van der Waals surface area contributed by atoms with Crippen molar-refractivity contribution in [2.24, 2.45) is 0 Å². The molecule has 0 N–H and O–H groups in total. The van der Waals surface area contributed by atoms with E-state index in [1.54, 1.807) is 0 Å². The minimum Gasteiger partial charge on any atom is -0.335 e. The fourth-order valence-electron chi connectivity index (χ4n) is 2.97. The molecule has 0 bridgehead atoms. The zero-order chi connectivity index (χ0) is 16.8. The number of hydrogen-bond acceptors (Lipinski definition) is 4. The molecular weight excluding hydrogens is 336 g/mol. The lowest BCUT2D eigenvalue weighted by Crippen LogP contribution is -2.51. The van der Waals surface area contributed by atoms with Gasteiger partial charge in [0.15, 0.2) is 0 Å². The van der Waals surface area contributed by atoms with Crippen molar-refractivity contribution >= 4 is 29.0 Å². The van der Waals surface area contributed by atoms with E-state index in [4.69, 9.17) is 0 Å². The quantitative estimate of drug-likeness (QED) is 0.725. The van der Waals surface area contributed by atoms with Gasteiger partial charge in [0.2, 0.25) is 0 Å². The number of amides is 1. The Labute approximate surface area is 152 Å². The lowest BCUT2D eigenvalue weighted by atomic mass is 10.2. The Hall–Kier alpha value is -1.30. The Balaban J connectivity index is 1.40.